The number of nitrogens with zero attached hydrogens (tertiary/aromatic N) is 1. The molecular weight excluding hydrogens is 448 g/mol. The Balaban J connectivity index is 1.55. The number of hydrogen-bond acceptors (Lipinski definition) is 7. The van der Waals surface area contributed by atoms with Crippen LogP contribution < -0.4 is 5.32 Å². The minimum Gasteiger partial charge on any atom is -0.394 e. The summed E-state index contributed by atoms with van der Waals surface area (Å²) >= 11 is 1.26. The first kappa shape index (κ1) is 23.1. The van der Waals surface area contributed by atoms with Crippen LogP contribution in [0, 0.1) is 5.92 Å². The number of nitrogens with one attached hydrogen (secondary N) is 1. The third-order valence-electron chi connectivity index (χ3n) is 5.93. The van der Waals surface area contributed by atoms with Crippen molar-refractivity contribution in [3.8, 4) is 0 Å². The Labute approximate surface area is 192 Å². The number of thiazole rings is 1. The SMILES string of the molecule is O=C(Nc1nc(CC(O)CO)cs1)/C(=C/C1CCCC1)c1ccc(S(=O)(=O)C2CC2)cc1. The molecule has 9 heteroatoms. The van der Waals surface area contributed by atoms with Gasteiger partial charge in [0.1, 0.15) is 0 Å². The molecule has 2 fully saturated rings. The molecule has 2 aromatic rings. The summed E-state index contributed by atoms with van der Waals surface area (Å²) in [6, 6.07) is 6.61. The zero-order chi connectivity index (χ0) is 22.7. The Morgan fingerprint density at radius 2 is 1.88 bits per heavy atom. The lowest BCUT2D eigenvalue weighted by atomic mass is 9.98. The number of rotatable bonds is 9. The van der Waals surface area contributed by atoms with Gasteiger partial charge in [-0.2, -0.15) is 0 Å². The minimum atomic E-state index is -3.28. The lowest BCUT2D eigenvalue weighted by molar-refractivity contribution is -0.111. The highest BCUT2D eigenvalue weighted by molar-refractivity contribution is 7.92. The largest absolute Gasteiger partial charge is 0.394 e. The maximum atomic E-state index is 13.2. The summed E-state index contributed by atoms with van der Waals surface area (Å²) in [5.74, 6) is 0.0236. The molecule has 0 saturated heterocycles. The van der Waals surface area contributed by atoms with Gasteiger partial charge in [-0.3, -0.25) is 10.1 Å². The van der Waals surface area contributed by atoms with E-state index in [4.69, 9.17) is 5.11 Å². The predicted molar refractivity (Wildman–Crippen MR) is 124 cm³/mol. The second-order valence-electron chi connectivity index (χ2n) is 8.53. The van der Waals surface area contributed by atoms with Crippen LogP contribution in [0.4, 0.5) is 5.13 Å². The van der Waals surface area contributed by atoms with E-state index in [0.29, 0.717) is 45.6 Å². The normalized spacial score (nSPS) is 18.6. The van der Waals surface area contributed by atoms with Crippen LogP contribution in [-0.2, 0) is 21.1 Å². The van der Waals surface area contributed by atoms with E-state index in [1.807, 2.05) is 6.08 Å². The minimum absolute atomic E-state index is 0.213. The second-order valence-corrected chi connectivity index (χ2v) is 11.6. The van der Waals surface area contributed by atoms with E-state index in [1.165, 1.54) is 11.3 Å². The van der Waals surface area contributed by atoms with Crippen LogP contribution in [0.3, 0.4) is 0 Å². The van der Waals surface area contributed by atoms with E-state index in [1.54, 1.807) is 29.6 Å². The van der Waals surface area contributed by atoms with Crippen molar-refractivity contribution in [2.45, 2.75) is 61.2 Å². The van der Waals surface area contributed by atoms with Gasteiger partial charge < -0.3 is 10.2 Å². The lowest BCUT2D eigenvalue weighted by Crippen LogP contribution is -2.16. The van der Waals surface area contributed by atoms with Gasteiger partial charge in [0, 0.05) is 17.4 Å². The maximum absolute atomic E-state index is 13.2. The topological polar surface area (TPSA) is 117 Å². The van der Waals surface area contributed by atoms with Crippen LogP contribution >= 0.6 is 11.3 Å². The monoisotopic (exact) mass is 476 g/mol. The van der Waals surface area contributed by atoms with Gasteiger partial charge in [0.2, 0.25) is 0 Å². The quantitative estimate of drug-likeness (QED) is 0.479. The summed E-state index contributed by atoms with van der Waals surface area (Å²) in [5.41, 5.74) is 1.79. The molecule has 2 aliphatic carbocycles. The molecule has 7 nitrogen and oxygen atoms in total. The number of hydrogen-bond donors (Lipinski definition) is 3. The molecule has 1 aromatic heterocycles. The fraction of sp³-hybridized carbons (Fsp3) is 0.478. The van der Waals surface area contributed by atoms with Crippen LogP contribution in [0.15, 0.2) is 40.6 Å². The summed E-state index contributed by atoms with van der Waals surface area (Å²) < 4.78 is 25.0. The Morgan fingerprint density at radius 3 is 2.50 bits per heavy atom. The molecule has 2 aliphatic rings. The van der Waals surface area contributed by atoms with Crippen LogP contribution in [0.5, 0.6) is 0 Å². The standard InChI is InChI=1S/C23H28N2O5S2/c26-13-18(27)12-17-14-31-23(24-17)25-22(28)21(11-15-3-1-2-4-15)16-5-7-19(8-6-16)32(29,30)20-9-10-20/h5-8,11,14-15,18,20,26-27H,1-4,9-10,12-13H2,(H,24,25,28)/b21-11+. The maximum Gasteiger partial charge on any atom is 0.257 e. The van der Waals surface area contributed by atoms with Crippen molar-refractivity contribution in [3.63, 3.8) is 0 Å². The molecule has 1 amide bonds. The molecule has 2 saturated carbocycles. The summed E-state index contributed by atoms with van der Waals surface area (Å²) in [5, 5.41) is 23.3. The third kappa shape index (κ3) is 5.46. The van der Waals surface area contributed by atoms with Crippen molar-refractivity contribution in [1.82, 2.24) is 4.98 Å². The number of anilines is 1. The molecule has 1 unspecified atom stereocenters. The molecule has 1 heterocycles. The zero-order valence-corrected chi connectivity index (χ0v) is 19.4. The molecule has 172 valence electrons. The van der Waals surface area contributed by atoms with E-state index >= 15 is 0 Å². The number of aliphatic hydroxyl groups is 2. The van der Waals surface area contributed by atoms with E-state index < -0.39 is 15.9 Å². The number of carbonyl (C=O) groups is 1. The van der Waals surface area contributed by atoms with Crippen LogP contribution in [0.1, 0.15) is 49.8 Å². The van der Waals surface area contributed by atoms with E-state index in [2.05, 4.69) is 10.3 Å². The van der Waals surface area contributed by atoms with Gasteiger partial charge in [0.05, 0.1) is 28.6 Å². The predicted octanol–water partition coefficient (Wildman–Crippen LogP) is 3.19. The molecule has 0 radical (unpaired) electrons. The molecule has 1 atom stereocenters. The third-order valence-corrected chi connectivity index (χ3v) is 9.02. The number of sulfone groups is 1. The van der Waals surface area contributed by atoms with Crippen molar-refractivity contribution >= 4 is 37.8 Å². The highest BCUT2D eigenvalue weighted by Crippen LogP contribution is 2.34. The van der Waals surface area contributed by atoms with E-state index in [9.17, 15) is 18.3 Å². The fourth-order valence-electron chi connectivity index (χ4n) is 3.99. The number of benzene rings is 1. The molecular formula is C23H28N2O5S2. The second kappa shape index (κ2) is 9.82. The zero-order valence-electron chi connectivity index (χ0n) is 17.7. The number of aliphatic hydroxyl groups excluding tert-OH is 2. The summed E-state index contributed by atoms with van der Waals surface area (Å²) in [6.07, 6.45) is 7.09. The summed E-state index contributed by atoms with van der Waals surface area (Å²) in [6.45, 7) is -0.347. The highest BCUT2D eigenvalue weighted by atomic mass is 32.2. The molecule has 4 rings (SSSR count). The van der Waals surface area contributed by atoms with Crippen molar-refractivity contribution in [1.29, 1.82) is 0 Å². The fourth-order valence-corrected chi connectivity index (χ4v) is 6.36. The lowest BCUT2D eigenvalue weighted by Gasteiger charge is -2.12. The summed E-state index contributed by atoms with van der Waals surface area (Å²) in [7, 11) is -3.28. The Morgan fingerprint density at radius 1 is 1.19 bits per heavy atom. The van der Waals surface area contributed by atoms with Gasteiger partial charge in [-0.25, -0.2) is 13.4 Å². The molecule has 32 heavy (non-hydrogen) atoms. The molecule has 3 N–H and O–H groups in total. The van der Waals surface area contributed by atoms with Gasteiger partial charge in [-0.1, -0.05) is 31.1 Å². The molecule has 1 aromatic carbocycles. The molecule has 0 spiro atoms. The number of amides is 1. The molecule has 0 bridgehead atoms. The first-order valence-corrected chi connectivity index (χ1v) is 13.4. The van der Waals surface area contributed by atoms with Gasteiger partial charge in [-0.15, -0.1) is 11.3 Å². The van der Waals surface area contributed by atoms with Gasteiger partial charge in [0.25, 0.3) is 5.91 Å². The van der Waals surface area contributed by atoms with Gasteiger partial charge >= 0.3 is 0 Å². The summed E-state index contributed by atoms with van der Waals surface area (Å²) in [4.78, 5) is 17.8. The Bertz CT molecular complexity index is 1080. The van der Waals surface area contributed by atoms with Crippen LogP contribution in [0.2, 0.25) is 0 Å². The van der Waals surface area contributed by atoms with E-state index in [-0.39, 0.29) is 24.2 Å². The van der Waals surface area contributed by atoms with Crippen molar-refractivity contribution in [2.24, 2.45) is 5.92 Å². The number of carbonyl (C=O) groups excluding carboxylic acids is 1. The van der Waals surface area contributed by atoms with Crippen LogP contribution in [-0.4, -0.2) is 47.5 Å². The Kier molecular flexibility index (Phi) is 7.09. The average Bonchev–Trinajstić information content (AvgIpc) is 3.37. The first-order valence-electron chi connectivity index (χ1n) is 11.0. The number of aromatic nitrogens is 1. The first-order chi connectivity index (χ1) is 15.4. The van der Waals surface area contributed by atoms with Crippen molar-refractivity contribution in [3.05, 3.63) is 47.0 Å². The van der Waals surface area contributed by atoms with Crippen molar-refractivity contribution < 1.29 is 23.4 Å². The van der Waals surface area contributed by atoms with E-state index in [0.717, 1.165) is 25.7 Å². The smallest absolute Gasteiger partial charge is 0.257 e. The van der Waals surface area contributed by atoms with Crippen LogP contribution in [0.25, 0.3) is 5.57 Å². The highest BCUT2D eigenvalue weighted by Gasteiger charge is 2.36. The van der Waals surface area contributed by atoms with Gasteiger partial charge in [-0.05, 0) is 49.3 Å². The average molecular weight is 477 g/mol. The molecule has 0 aliphatic heterocycles. The Hall–Kier alpha value is -2.07. The van der Waals surface area contributed by atoms with Crippen molar-refractivity contribution in [2.75, 3.05) is 11.9 Å². The van der Waals surface area contributed by atoms with Gasteiger partial charge in [0.15, 0.2) is 15.0 Å². The number of allylic oxidation sites excluding steroid dienone is 1.